The number of hydrogen-bond donors (Lipinski definition) is 1. The number of nitrogens with zero attached hydrogens (tertiary/aromatic N) is 1. The van der Waals surface area contributed by atoms with Crippen LogP contribution in [0.1, 0.15) is 11.3 Å². The molecule has 1 N–H and O–H groups in total. The first-order chi connectivity index (χ1) is 15.0. The lowest BCUT2D eigenvalue weighted by Crippen LogP contribution is -2.20. The molecule has 0 aliphatic rings. The van der Waals surface area contributed by atoms with E-state index in [2.05, 4.69) is 5.32 Å². The molecule has 0 aliphatic carbocycles. The summed E-state index contributed by atoms with van der Waals surface area (Å²) >= 11 is 6.13. The summed E-state index contributed by atoms with van der Waals surface area (Å²) < 4.78 is 20.7. The zero-order valence-electron chi connectivity index (χ0n) is 16.6. The maximum Gasteiger partial charge on any atom is 0.331 e. The van der Waals surface area contributed by atoms with Gasteiger partial charge in [0.2, 0.25) is 5.76 Å². The minimum absolute atomic E-state index is 0.0360. The maximum absolute atomic E-state index is 12.2. The van der Waals surface area contributed by atoms with E-state index in [0.29, 0.717) is 33.1 Å². The van der Waals surface area contributed by atoms with E-state index in [4.69, 9.17) is 30.2 Å². The van der Waals surface area contributed by atoms with Crippen LogP contribution in [0.4, 0.5) is 5.69 Å². The first-order valence-electron chi connectivity index (χ1n) is 8.94. The fourth-order valence-electron chi connectivity index (χ4n) is 2.81. The van der Waals surface area contributed by atoms with E-state index in [-0.39, 0.29) is 11.4 Å². The van der Waals surface area contributed by atoms with Crippen LogP contribution in [0, 0.1) is 11.3 Å². The van der Waals surface area contributed by atoms with Crippen molar-refractivity contribution in [1.29, 1.82) is 5.26 Å². The van der Waals surface area contributed by atoms with Crippen LogP contribution in [-0.4, -0.2) is 32.7 Å². The molecule has 0 bridgehead atoms. The minimum Gasteiger partial charge on any atom is -0.493 e. The number of ether oxygens (including phenoxy) is 3. The third-order valence-electron chi connectivity index (χ3n) is 4.17. The number of nitriles is 1. The summed E-state index contributed by atoms with van der Waals surface area (Å²) in [5.41, 5.74) is 1.27. The number of esters is 1. The predicted octanol–water partition coefficient (Wildman–Crippen LogP) is 4.17. The lowest BCUT2D eigenvalue weighted by Gasteiger charge is -2.10. The average Bonchev–Trinajstić information content (AvgIpc) is 3.13. The number of anilines is 1. The van der Waals surface area contributed by atoms with Gasteiger partial charge in [0, 0.05) is 11.5 Å². The van der Waals surface area contributed by atoms with Crippen LogP contribution in [0.25, 0.3) is 17.0 Å². The number of carbonyl (C=O) groups is 2. The quantitative estimate of drug-likeness (QED) is 0.433. The highest BCUT2D eigenvalue weighted by atomic mass is 35.5. The van der Waals surface area contributed by atoms with Gasteiger partial charge in [0.05, 0.1) is 19.2 Å². The summed E-state index contributed by atoms with van der Waals surface area (Å²) in [5, 5.41) is 12.6. The third kappa shape index (κ3) is 4.97. The number of hydrogen-bond acceptors (Lipinski definition) is 7. The zero-order chi connectivity index (χ0) is 22.4. The van der Waals surface area contributed by atoms with Crippen LogP contribution in [0.3, 0.4) is 0 Å². The van der Waals surface area contributed by atoms with Gasteiger partial charge in [-0.2, -0.15) is 5.26 Å². The molecule has 0 spiro atoms. The van der Waals surface area contributed by atoms with Gasteiger partial charge in [-0.25, -0.2) is 4.79 Å². The van der Waals surface area contributed by atoms with Gasteiger partial charge in [-0.3, -0.25) is 4.79 Å². The number of furan rings is 1. The summed E-state index contributed by atoms with van der Waals surface area (Å²) in [7, 11) is 2.93. The Morgan fingerprint density at radius 1 is 1.23 bits per heavy atom. The molecule has 0 atom stereocenters. The van der Waals surface area contributed by atoms with E-state index in [1.807, 2.05) is 6.07 Å². The van der Waals surface area contributed by atoms with Crippen molar-refractivity contribution in [3.05, 3.63) is 58.8 Å². The van der Waals surface area contributed by atoms with E-state index in [0.717, 1.165) is 6.08 Å². The second kappa shape index (κ2) is 9.69. The number of para-hydroxylation sites is 1. The minimum atomic E-state index is -0.737. The standard InChI is InChI=1S/C22H17ClN2O6/c1-28-17-10-13(9-15(23)22(17)29-2)7-8-20(27)30-12-19(26)25-21-14-5-3-4-6-16(14)31-18(21)11-24/h3-10H,12H2,1-2H3,(H,25,26)/b8-7+. The highest BCUT2D eigenvalue weighted by Crippen LogP contribution is 2.36. The third-order valence-corrected chi connectivity index (χ3v) is 4.46. The molecule has 0 saturated carbocycles. The Morgan fingerprint density at radius 3 is 2.71 bits per heavy atom. The molecule has 0 saturated heterocycles. The largest absolute Gasteiger partial charge is 0.493 e. The Hall–Kier alpha value is -3.96. The average molecular weight is 441 g/mol. The number of amides is 1. The zero-order valence-corrected chi connectivity index (χ0v) is 17.4. The molecule has 31 heavy (non-hydrogen) atoms. The summed E-state index contributed by atoms with van der Waals surface area (Å²) in [6.45, 7) is -0.541. The smallest absolute Gasteiger partial charge is 0.331 e. The van der Waals surface area contributed by atoms with Crippen molar-refractivity contribution >= 4 is 46.2 Å². The van der Waals surface area contributed by atoms with Crippen molar-refractivity contribution in [3.63, 3.8) is 0 Å². The molecule has 0 fully saturated rings. The molecule has 2 aromatic carbocycles. The van der Waals surface area contributed by atoms with Crippen LogP contribution in [-0.2, 0) is 14.3 Å². The SMILES string of the molecule is COc1cc(/C=C/C(=O)OCC(=O)Nc2c(C#N)oc3ccccc23)cc(Cl)c1OC. The predicted molar refractivity (Wildman–Crippen MR) is 114 cm³/mol. The van der Waals surface area contributed by atoms with Crippen LogP contribution in [0.2, 0.25) is 5.02 Å². The topological polar surface area (TPSA) is 111 Å². The van der Waals surface area contributed by atoms with Gasteiger partial charge in [0.15, 0.2) is 18.1 Å². The molecular formula is C22H17ClN2O6. The summed E-state index contributed by atoms with van der Waals surface area (Å²) in [6, 6.07) is 12.0. The Labute approximate surface area is 182 Å². The monoisotopic (exact) mass is 440 g/mol. The van der Waals surface area contributed by atoms with Gasteiger partial charge >= 0.3 is 5.97 Å². The first kappa shape index (κ1) is 21.7. The van der Waals surface area contributed by atoms with Crippen molar-refractivity contribution in [1.82, 2.24) is 0 Å². The number of nitrogens with one attached hydrogen (secondary N) is 1. The second-order valence-electron chi connectivity index (χ2n) is 6.14. The fraction of sp³-hybridized carbons (Fsp3) is 0.136. The van der Waals surface area contributed by atoms with Crippen molar-refractivity contribution in [2.24, 2.45) is 0 Å². The van der Waals surface area contributed by atoms with E-state index in [1.54, 1.807) is 36.4 Å². The number of carbonyl (C=O) groups excluding carboxylic acids is 2. The lowest BCUT2D eigenvalue weighted by atomic mass is 10.2. The molecule has 1 heterocycles. The van der Waals surface area contributed by atoms with Crippen LogP contribution >= 0.6 is 11.6 Å². The Balaban J connectivity index is 1.62. The normalized spacial score (nSPS) is 10.6. The van der Waals surface area contributed by atoms with Gasteiger partial charge in [0.1, 0.15) is 17.3 Å². The highest BCUT2D eigenvalue weighted by Gasteiger charge is 2.17. The Bertz CT molecular complexity index is 1210. The van der Waals surface area contributed by atoms with Gasteiger partial charge < -0.3 is 23.9 Å². The molecule has 158 valence electrons. The van der Waals surface area contributed by atoms with E-state index < -0.39 is 18.5 Å². The van der Waals surface area contributed by atoms with Gasteiger partial charge in [-0.15, -0.1) is 0 Å². The summed E-state index contributed by atoms with van der Waals surface area (Å²) in [4.78, 5) is 24.2. The van der Waals surface area contributed by atoms with Gasteiger partial charge in [-0.05, 0) is 35.9 Å². The van der Waals surface area contributed by atoms with Crippen LogP contribution in [0.5, 0.6) is 11.5 Å². The van der Waals surface area contributed by atoms with Crippen molar-refractivity contribution in [2.75, 3.05) is 26.1 Å². The fourth-order valence-corrected chi connectivity index (χ4v) is 3.10. The second-order valence-corrected chi connectivity index (χ2v) is 6.55. The van der Waals surface area contributed by atoms with Gasteiger partial charge in [-0.1, -0.05) is 23.7 Å². The molecule has 0 unspecified atom stereocenters. The summed E-state index contributed by atoms with van der Waals surface area (Å²) in [6.07, 6.45) is 2.62. The molecule has 1 aromatic heterocycles. The number of rotatable bonds is 7. The molecule has 9 heteroatoms. The number of benzene rings is 2. The maximum atomic E-state index is 12.2. The van der Waals surface area contributed by atoms with E-state index >= 15 is 0 Å². The number of fused-ring (bicyclic) bond motifs is 1. The Kier molecular flexibility index (Phi) is 6.80. The van der Waals surface area contributed by atoms with Gasteiger partial charge in [0.25, 0.3) is 5.91 Å². The van der Waals surface area contributed by atoms with E-state index in [9.17, 15) is 14.9 Å². The molecule has 8 nitrogen and oxygen atoms in total. The molecule has 1 amide bonds. The van der Waals surface area contributed by atoms with Crippen LogP contribution < -0.4 is 14.8 Å². The highest BCUT2D eigenvalue weighted by molar-refractivity contribution is 6.32. The Morgan fingerprint density at radius 2 is 2.00 bits per heavy atom. The molecule has 3 aromatic rings. The first-order valence-corrected chi connectivity index (χ1v) is 9.32. The number of methoxy groups -OCH3 is 2. The molecule has 0 aliphatic heterocycles. The number of halogens is 1. The lowest BCUT2D eigenvalue weighted by molar-refractivity contribution is -0.142. The summed E-state index contributed by atoms with van der Waals surface area (Å²) in [5.74, 6) is -0.601. The van der Waals surface area contributed by atoms with Crippen molar-refractivity contribution in [3.8, 4) is 17.6 Å². The van der Waals surface area contributed by atoms with Crippen LogP contribution in [0.15, 0.2) is 46.9 Å². The molecule has 0 radical (unpaired) electrons. The van der Waals surface area contributed by atoms with Crippen molar-refractivity contribution < 1.29 is 28.2 Å². The van der Waals surface area contributed by atoms with Crippen molar-refractivity contribution in [2.45, 2.75) is 0 Å². The molecule has 3 rings (SSSR count). The van der Waals surface area contributed by atoms with E-state index in [1.165, 1.54) is 20.3 Å². The molecular weight excluding hydrogens is 424 g/mol.